The smallest absolute Gasteiger partial charge is 0.128 e. The molecule has 7 heteroatoms. The zero-order chi connectivity index (χ0) is 19.0. The number of halogens is 2. The molecule has 0 bridgehead atoms. The average Bonchev–Trinajstić information content (AvgIpc) is 3.02. The molecule has 1 fully saturated rings. The number of methoxy groups -OCH3 is 1. The zero-order valence-electron chi connectivity index (χ0n) is 17.2. The molecule has 1 atom stereocenters. The number of aromatic nitrogens is 2. The number of imidazole rings is 1. The molecular formula is C22H30Cl2N4O. The van der Waals surface area contributed by atoms with E-state index in [2.05, 4.69) is 53.6 Å². The lowest BCUT2D eigenvalue weighted by atomic mass is 9.80. The Kier molecular flexibility index (Phi) is 7.57. The van der Waals surface area contributed by atoms with Gasteiger partial charge in [-0.25, -0.2) is 4.98 Å². The molecule has 5 nitrogen and oxygen atoms in total. The van der Waals surface area contributed by atoms with Gasteiger partial charge >= 0.3 is 0 Å². The van der Waals surface area contributed by atoms with Gasteiger partial charge in [-0.05, 0) is 48.2 Å². The van der Waals surface area contributed by atoms with Crippen molar-refractivity contribution in [3.05, 3.63) is 54.4 Å². The predicted octanol–water partition coefficient (Wildman–Crippen LogP) is 4.44. The van der Waals surface area contributed by atoms with Gasteiger partial charge in [-0.3, -0.25) is 9.47 Å². The molecule has 1 aliphatic heterocycles. The van der Waals surface area contributed by atoms with Gasteiger partial charge in [0.2, 0.25) is 0 Å². The maximum atomic E-state index is 6.32. The Balaban J connectivity index is 0.00000150. The van der Waals surface area contributed by atoms with Gasteiger partial charge in [0.1, 0.15) is 11.6 Å². The van der Waals surface area contributed by atoms with Gasteiger partial charge in [0, 0.05) is 24.8 Å². The van der Waals surface area contributed by atoms with Crippen molar-refractivity contribution in [2.75, 3.05) is 20.2 Å². The monoisotopic (exact) mass is 436 g/mol. The maximum absolute atomic E-state index is 6.32. The quantitative estimate of drug-likeness (QED) is 0.656. The van der Waals surface area contributed by atoms with Crippen LogP contribution < -0.4 is 10.5 Å². The van der Waals surface area contributed by atoms with Crippen molar-refractivity contribution in [2.24, 2.45) is 11.1 Å². The third-order valence-electron chi connectivity index (χ3n) is 5.72. The first-order valence-electron chi connectivity index (χ1n) is 9.57. The molecule has 4 rings (SSSR count). The summed E-state index contributed by atoms with van der Waals surface area (Å²) >= 11 is 0. The van der Waals surface area contributed by atoms with Crippen molar-refractivity contribution in [1.82, 2.24) is 14.5 Å². The second-order valence-corrected chi connectivity index (χ2v) is 8.14. The second-order valence-electron chi connectivity index (χ2n) is 8.14. The molecule has 0 aliphatic carbocycles. The van der Waals surface area contributed by atoms with Gasteiger partial charge in [-0.15, -0.1) is 24.8 Å². The molecule has 29 heavy (non-hydrogen) atoms. The summed E-state index contributed by atoms with van der Waals surface area (Å²) < 4.78 is 7.57. The minimum atomic E-state index is 0. The molecule has 1 unspecified atom stereocenters. The number of benzene rings is 2. The third-order valence-corrected chi connectivity index (χ3v) is 5.72. The van der Waals surface area contributed by atoms with Gasteiger partial charge in [0.05, 0.1) is 24.7 Å². The van der Waals surface area contributed by atoms with Crippen molar-refractivity contribution in [3.8, 4) is 11.4 Å². The second kappa shape index (κ2) is 9.35. The highest BCUT2D eigenvalue weighted by molar-refractivity contribution is 5.85. The molecule has 158 valence electrons. The molecule has 0 saturated carbocycles. The van der Waals surface area contributed by atoms with Gasteiger partial charge < -0.3 is 10.5 Å². The summed E-state index contributed by atoms with van der Waals surface area (Å²) in [6, 6.07) is 16.7. The first kappa shape index (κ1) is 23.5. The van der Waals surface area contributed by atoms with E-state index in [4.69, 9.17) is 15.5 Å². The van der Waals surface area contributed by atoms with Crippen LogP contribution in [-0.2, 0) is 6.54 Å². The van der Waals surface area contributed by atoms with E-state index in [1.165, 1.54) is 0 Å². The normalized spacial score (nSPS) is 18.7. The van der Waals surface area contributed by atoms with Gasteiger partial charge in [-0.1, -0.05) is 26.0 Å². The summed E-state index contributed by atoms with van der Waals surface area (Å²) in [6.45, 7) is 7.33. The fourth-order valence-electron chi connectivity index (χ4n) is 4.02. The number of para-hydroxylation sites is 2. The first-order valence-corrected chi connectivity index (χ1v) is 9.57. The summed E-state index contributed by atoms with van der Waals surface area (Å²) in [5.41, 5.74) is 9.70. The van der Waals surface area contributed by atoms with Crippen molar-refractivity contribution < 1.29 is 4.74 Å². The largest absolute Gasteiger partial charge is 0.497 e. The Labute approximate surface area is 185 Å². The van der Waals surface area contributed by atoms with E-state index in [1.54, 1.807) is 7.11 Å². The summed E-state index contributed by atoms with van der Waals surface area (Å²) in [6.07, 6.45) is 1.02. The van der Waals surface area contributed by atoms with E-state index in [0.29, 0.717) is 0 Å². The van der Waals surface area contributed by atoms with Crippen LogP contribution >= 0.6 is 24.8 Å². The molecule has 3 aromatic rings. The number of nitrogens with two attached hydrogens (primary N) is 1. The highest BCUT2D eigenvalue weighted by Gasteiger charge is 2.33. The van der Waals surface area contributed by atoms with Crippen LogP contribution in [0.15, 0.2) is 48.5 Å². The molecule has 2 N–H and O–H groups in total. The molecule has 0 amide bonds. The van der Waals surface area contributed by atoms with Crippen molar-refractivity contribution >= 4 is 35.8 Å². The van der Waals surface area contributed by atoms with Gasteiger partial charge in [0.15, 0.2) is 0 Å². The number of nitrogens with zero attached hydrogens (tertiary/aromatic N) is 3. The summed E-state index contributed by atoms with van der Waals surface area (Å²) in [4.78, 5) is 7.43. The number of likely N-dealkylation sites (tertiary alicyclic amines) is 1. The summed E-state index contributed by atoms with van der Waals surface area (Å²) in [5.74, 6) is 1.92. The van der Waals surface area contributed by atoms with Crippen LogP contribution in [0.3, 0.4) is 0 Å². The SMILES string of the molecule is COc1ccc(-n2c(CN3CCC(N)C(C)(C)C3)nc3ccccc32)cc1.Cl.Cl. The van der Waals surface area contributed by atoms with E-state index in [9.17, 15) is 0 Å². The van der Waals surface area contributed by atoms with E-state index < -0.39 is 0 Å². The lowest BCUT2D eigenvalue weighted by Crippen LogP contribution is -2.52. The Hall–Kier alpha value is -1.79. The molecule has 0 spiro atoms. The summed E-state index contributed by atoms with van der Waals surface area (Å²) in [5, 5.41) is 0. The Morgan fingerprint density at radius 3 is 2.45 bits per heavy atom. The molecule has 1 aliphatic rings. The predicted molar refractivity (Wildman–Crippen MR) is 124 cm³/mol. The standard InChI is InChI=1S/C22H28N4O.2ClH/c1-22(2)15-25(13-12-20(22)23)14-21-24-18-6-4-5-7-19(18)26(21)16-8-10-17(27-3)11-9-16;;/h4-11,20H,12-15,23H2,1-3H3;2*1H. The third kappa shape index (κ3) is 4.69. The van der Waals surface area contributed by atoms with Crippen LogP contribution in [0.4, 0.5) is 0 Å². The number of ether oxygens (including phenoxy) is 1. The fraction of sp³-hybridized carbons (Fsp3) is 0.409. The topological polar surface area (TPSA) is 56.3 Å². The van der Waals surface area contributed by atoms with Gasteiger partial charge in [0.25, 0.3) is 0 Å². The zero-order valence-corrected chi connectivity index (χ0v) is 18.8. The Morgan fingerprint density at radius 2 is 1.79 bits per heavy atom. The number of piperidine rings is 1. The molecule has 1 saturated heterocycles. The molecule has 2 heterocycles. The minimum Gasteiger partial charge on any atom is -0.497 e. The van der Waals surface area contributed by atoms with Crippen LogP contribution in [0.25, 0.3) is 16.7 Å². The van der Waals surface area contributed by atoms with Crippen LogP contribution in [0.1, 0.15) is 26.1 Å². The van der Waals surface area contributed by atoms with Crippen molar-refractivity contribution in [1.29, 1.82) is 0 Å². The number of rotatable bonds is 4. The lowest BCUT2D eigenvalue weighted by molar-refractivity contribution is 0.0876. The minimum absolute atomic E-state index is 0. The van der Waals surface area contributed by atoms with Crippen LogP contribution in [0.2, 0.25) is 0 Å². The highest BCUT2D eigenvalue weighted by Crippen LogP contribution is 2.30. The maximum Gasteiger partial charge on any atom is 0.128 e. The molecule has 2 aromatic carbocycles. The van der Waals surface area contributed by atoms with Crippen molar-refractivity contribution in [2.45, 2.75) is 32.9 Å². The Bertz CT molecular complexity index is 940. The van der Waals surface area contributed by atoms with Crippen LogP contribution in [-0.4, -0.2) is 40.7 Å². The van der Waals surface area contributed by atoms with Gasteiger partial charge in [-0.2, -0.15) is 0 Å². The number of fused-ring (bicyclic) bond motifs is 1. The van der Waals surface area contributed by atoms with Crippen LogP contribution in [0, 0.1) is 5.41 Å². The molecular weight excluding hydrogens is 407 g/mol. The molecule has 0 radical (unpaired) electrons. The van der Waals surface area contributed by atoms with E-state index >= 15 is 0 Å². The number of hydrogen-bond donors (Lipinski definition) is 1. The molecule has 1 aromatic heterocycles. The average molecular weight is 437 g/mol. The number of hydrogen-bond acceptors (Lipinski definition) is 4. The fourth-order valence-corrected chi connectivity index (χ4v) is 4.02. The van der Waals surface area contributed by atoms with E-state index in [1.807, 2.05) is 18.2 Å². The Morgan fingerprint density at radius 1 is 1.10 bits per heavy atom. The highest BCUT2D eigenvalue weighted by atomic mass is 35.5. The van der Waals surface area contributed by atoms with Crippen molar-refractivity contribution in [3.63, 3.8) is 0 Å². The lowest BCUT2D eigenvalue weighted by Gasteiger charge is -2.42. The summed E-state index contributed by atoms with van der Waals surface area (Å²) in [7, 11) is 1.69. The van der Waals surface area contributed by atoms with E-state index in [-0.39, 0.29) is 36.3 Å². The van der Waals surface area contributed by atoms with E-state index in [0.717, 1.165) is 54.3 Å². The van der Waals surface area contributed by atoms with Crippen LogP contribution in [0.5, 0.6) is 5.75 Å². The first-order chi connectivity index (χ1) is 13.0.